The molecule has 0 bridgehead atoms. The van der Waals surface area contributed by atoms with E-state index >= 15 is 0 Å². The number of rotatable bonds is 6. The van der Waals surface area contributed by atoms with Crippen molar-refractivity contribution in [3.63, 3.8) is 0 Å². The molecule has 1 N–H and O–H groups in total. The van der Waals surface area contributed by atoms with Crippen molar-refractivity contribution in [2.75, 3.05) is 34.2 Å². The minimum absolute atomic E-state index is 0.440. The van der Waals surface area contributed by atoms with Gasteiger partial charge in [-0.2, -0.15) is 0 Å². The Bertz CT molecular complexity index is 394. The molecule has 4 heteroatoms. The lowest BCUT2D eigenvalue weighted by molar-refractivity contribution is 0.290. The van der Waals surface area contributed by atoms with Gasteiger partial charge in [0, 0.05) is 15.7 Å². The molecule has 0 unspecified atom stereocenters. The van der Waals surface area contributed by atoms with Gasteiger partial charge in [0.05, 0.1) is 0 Å². The van der Waals surface area contributed by atoms with Crippen LogP contribution in [0.15, 0.2) is 12.1 Å². The number of aryl methyl sites for hydroxylation is 1. The number of benzene rings is 1. The normalized spacial score (nSPS) is 11.5. The Balaban J connectivity index is 2.56. The van der Waals surface area contributed by atoms with Crippen LogP contribution in [0.3, 0.4) is 0 Å². The van der Waals surface area contributed by atoms with Gasteiger partial charge in [-0.05, 0) is 87.9 Å². The lowest BCUT2D eigenvalue weighted by atomic mass is 10.1. The zero-order valence-corrected chi connectivity index (χ0v) is 13.9. The second-order valence-corrected chi connectivity index (χ2v) is 6.37. The van der Waals surface area contributed by atoms with Crippen LogP contribution in [0.4, 0.5) is 0 Å². The highest BCUT2D eigenvalue weighted by molar-refractivity contribution is 14.1. The predicted octanol–water partition coefficient (Wildman–Crippen LogP) is 2.69. The maximum atomic E-state index is 10.0. The van der Waals surface area contributed by atoms with Crippen LogP contribution in [-0.2, 0) is 6.54 Å². The smallest absolute Gasteiger partial charge is 0.123 e. The third-order valence-corrected chi connectivity index (χ3v) is 3.55. The van der Waals surface area contributed by atoms with Gasteiger partial charge in [0.1, 0.15) is 5.75 Å². The summed E-state index contributed by atoms with van der Waals surface area (Å²) in [6.45, 7) is 4.90. The summed E-state index contributed by atoms with van der Waals surface area (Å²) in [6.07, 6.45) is 1.15. The molecule has 0 fully saturated rings. The Morgan fingerprint density at radius 1 is 1.17 bits per heavy atom. The van der Waals surface area contributed by atoms with Crippen LogP contribution < -0.4 is 0 Å². The average molecular weight is 362 g/mol. The minimum atomic E-state index is 0.440. The van der Waals surface area contributed by atoms with Gasteiger partial charge in [0.2, 0.25) is 0 Å². The highest BCUT2D eigenvalue weighted by Crippen LogP contribution is 2.25. The summed E-state index contributed by atoms with van der Waals surface area (Å²) in [5.74, 6) is 0.440. The lowest BCUT2D eigenvalue weighted by Crippen LogP contribution is -2.23. The van der Waals surface area contributed by atoms with Gasteiger partial charge in [-0.3, -0.25) is 0 Å². The van der Waals surface area contributed by atoms with Gasteiger partial charge < -0.3 is 14.9 Å². The Hall–Kier alpha value is -0.330. The van der Waals surface area contributed by atoms with Crippen LogP contribution >= 0.6 is 22.6 Å². The Labute approximate surface area is 124 Å². The van der Waals surface area contributed by atoms with E-state index in [0.717, 1.165) is 37.2 Å². The molecule has 0 aliphatic heterocycles. The van der Waals surface area contributed by atoms with E-state index in [4.69, 9.17) is 0 Å². The summed E-state index contributed by atoms with van der Waals surface area (Å²) >= 11 is 2.30. The second-order valence-electron chi connectivity index (χ2n) is 5.13. The van der Waals surface area contributed by atoms with Gasteiger partial charge in [-0.1, -0.05) is 0 Å². The van der Waals surface area contributed by atoms with Crippen LogP contribution in [0.25, 0.3) is 0 Å². The molecule has 0 spiro atoms. The van der Waals surface area contributed by atoms with Gasteiger partial charge in [0.15, 0.2) is 0 Å². The third kappa shape index (κ3) is 5.12. The van der Waals surface area contributed by atoms with Crippen LogP contribution in [0.5, 0.6) is 5.75 Å². The Morgan fingerprint density at radius 3 is 2.44 bits per heavy atom. The molecular formula is C14H23IN2O. The first-order valence-corrected chi connectivity index (χ1v) is 7.29. The van der Waals surface area contributed by atoms with Crippen molar-refractivity contribution in [2.24, 2.45) is 0 Å². The number of hydrogen-bond donors (Lipinski definition) is 1. The highest BCUT2D eigenvalue weighted by Gasteiger charge is 2.08. The molecule has 0 radical (unpaired) electrons. The molecule has 1 aromatic rings. The average Bonchev–Trinajstić information content (AvgIpc) is 2.24. The van der Waals surface area contributed by atoms with Gasteiger partial charge in [-0.15, -0.1) is 0 Å². The van der Waals surface area contributed by atoms with Crippen LogP contribution in [0.2, 0.25) is 0 Å². The molecule has 18 heavy (non-hydrogen) atoms. The van der Waals surface area contributed by atoms with Crippen molar-refractivity contribution in [1.82, 2.24) is 9.80 Å². The quantitative estimate of drug-likeness (QED) is 0.789. The molecular weight excluding hydrogens is 339 g/mol. The molecule has 0 saturated carbocycles. The molecule has 0 aliphatic carbocycles. The maximum Gasteiger partial charge on any atom is 0.123 e. The molecule has 1 rings (SSSR count). The fourth-order valence-electron chi connectivity index (χ4n) is 1.95. The number of phenolic OH excluding ortho intramolecular Hbond substituents is 1. The highest BCUT2D eigenvalue weighted by atomic mass is 127. The van der Waals surface area contributed by atoms with Crippen molar-refractivity contribution in [1.29, 1.82) is 0 Å². The fraction of sp³-hybridized carbons (Fsp3) is 0.571. The number of phenols is 1. The van der Waals surface area contributed by atoms with Gasteiger partial charge >= 0.3 is 0 Å². The van der Waals surface area contributed by atoms with Crippen molar-refractivity contribution in [2.45, 2.75) is 19.9 Å². The first-order chi connectivity index (χ1) is 8.40. The molecule has 0 aromatic heterocycles. The SMILES string of the molecule is Cc1cc(I)cc(CN(C)CCCN(C)C)c1O. The first kappa shape index (κ1) is 15.7. The third-order valence-electron chi connectivity index (χ3n) is 2.93. The van der Waals surface area contributed by atoms with Crippen LogP contribution in [0.1, 0.15) is 17.5 Å². The van der Waals surface area contributed by atoms with E-state index in [1.807, 2.05) is 13.0 Å². The van der Waals surface area contributed by atoms with E-state index in [0.29, 0.717) is 5.75 Å². The molecule has 0 atom stereocenters. The summed E-state index contributed by atoms with van der Waals surface area (Å²) in [5, 5.41) is 10.0. The van der Waals surface area contributed by atoms with Gasteiger partial charge in [0.25, 0.3) is 0 Å². The summed E-state index contributed by atoms with van der Waals surface area (Å²) in [5.41, 5.74) is 1.98. The van der Waals surface area contributed by atoms with Crippen molar-refractivity contribution < 1.29 is 5.11 Å². The van der Waals surface area contributed by atoms with E-state index in [1.165, 1.54) is 3.57 Å². The molecule has 3 nitrogen and oxygen atoms in total. The zero-order chi connectivity index (χ0) is 13.7. The first-order valence-electron chi connectivity index (χ1n) is 6.21. The summed E-state index contributed by atoms with van der Waals surface area (Å²) in [6, 6.07) is 4.07. The van der Waals surface area contributed by atoms with E-state index in [1.54, 1.807) is 0 Å². The molecule has 0 heterocycles. The van der Waals surface area contributed by atoms with E-state index in [2.05, 4.69) is 59.6 Å². The summed E-state index contributed by atoms with van der Waals surface area (Å²) in [7, 11) is 6.29. The molecule has 0 saturated heterocycles. The lowest BCUT2D eigenvalue weighted by Gasteiger charge is -2.19. The van der Waals surface area contributed by atoms with E-state index in [-0.39, 0.29) is 0 Å². The van der Waals surface area contributed by atoms with Crippen molar-refractivity contribution >= 4 is 22.6 Å². The number of halogens is 1. The van der Waals surface area contributed by atoms with Crippen molar-refractivity contribution in [3.05, 3.63) is 26.8 Å². The van der Waals surface area contributed by atoms with E-state index < -0.39 is 0 Å². The Kier molecular flexibility index (Phi) is 6.38. The Morgan fingerprint density at radius 2 is 1.83 bits per heavy atom. The molecule has 102 valence electrons. The van der Waals surface area contributed by atoms with Crippen molar-refractivity contribution in [3.8, 4) is 5.75 Å². The maximum absolute atomic E-state index is 10.0. The van der Waals surface area contributed by atoms with E-state index in [9.17, 15) is 5.11 Å². The molecule has 1 aromatic carbocycles. The van der Waals surface area contributed by atoms with Gasteiger partial charge in [-0.25, -0.2) is 0 Å². The largest absolute Gasteiger partial charge is 0.507 e. The van der Waals surface area contributed by atoms with Crippen LogP contribution in [0, 0.1) is 10.5 Å². The molecule has 0 aliphatic rings. The van der Waals surface area contributed by atoms with Crippen LogP contribution in [-0.4, -0.2) is 49.1 Å². The standard InChI is InChI=1S/C14H23IN2O/c1-11-8-13(15)9-12(14(11)18)10-17(4)7-5-6-16(2)3/h8-9,18H,5-7,10H2,1-4H3. The fourth-order valence-corrected chi connectivity index (χ4v) is 2.80. The monoisotopic (exact) mass is 362 g/mol. The zero-order valence-electron chi connectivity index (χ0n) is 11.7. The summed E-state index contributed by atoms with van der Waals surface area (Å²) in [4.78, 5) is 4.45. The number of hydrogen-bond acceptors (Lipinski definition) is 3. The topological polar surface area (TPSA) is 26.7 Å². The molecule has 0 amide bonds. The summed E-state index contributed by atoms with van der Waals surface area (Å²) < 4.78 is 1.18. The predicted molar refractivity (Wildman–Crippen MR) is 85.1 cm³/mol. The minimum Gasteiger partial charge on any atom is -0.507 e. The number of aromatic hydroxyl groups is 1. The number of nitrogens with zero attached hydrogens (tertiary/aromatic N) is 2. The second kappa shape index (κ2) is 7.31.